The molecule has 0 aliphatic carbocycles. The molecule has 1 amide bonds. The molecule has 6 nitrogen and oxygen atoms in total. The Morgan fingerprint density at radius 1 is 1.12 bits per heavy atom. The van der Waals surface area contributed by atoms with Crippen molar-refractivity contribution >= 4 is 17.5 Å². The van der Waals surface area contributed by atoms with Crippen LogP contribution in [0.25, 0.3) is 0 Å². The van der Waals surface area contributed by atoms with E-state index in [2.05, 4.69) is 44.1 Å². The van der Waals surface area contributed by atoms with Crippen molar-refractivity contribution in [3.05, 3.63) is 48.3 Å². The van der Waals surface area contributed by atoms with Gasteiger partial charge in [0.2, 0.25) is 11.9 Å². The third kappa shape index (κ3) is 4.33. The molecule has 0 bridgehead atoms. The van der Waals surface area contributed by atoms with Crippen molar-refractivity contribution in [2.75, 3.05) is 36.4 Å². The molecular weight excluding hydrogens is 314 g/mol. The largest absolute Gasteiger partial charge is 0.338 e. The second-order valence-electron chi connectivity index (χ2n) is 6.29. The summed E-state index contributed by atoms with van der Waals surface area (Å²) in [5.74, 6) is 0.795. The number of rotatable bonds is 5. The molecule has 0 saturated carbocycles. The molecule has 1 N–H and O–H groups in total. The van der Waals surface area contributed by atoms with Gasteiger partial charge in [0.05, 0.1) is 6.04 Å². The topological polar surface area (TPSA) is 61.4 Å². The summed E-state index contributed by atoms with van der Waals surface area (Å²) in [5, 5.41) is 3.01. The Labute approximate surface area is 148 Å². The van der Waals surface area contributed by atoms with Gasteiger partial charge in [-0.1, -0.05) is 19.1 Å². The number of hydrogen-bond donors (Lipinski definition) is 1. The van der Waals surface area contributed by atoms with E-state index in [0.29, 0.717) is 0 Å². The van der Waals surface area contributed by atoms with Gasteiger partial charge >= 0.3 is 0 Å². The van der Waals surface area contributed by atoms with Gasteiger partial charge in [-0.3, -0.25) is 9.69 Å². The Morgan fingerprint density at radius 3 is 2.36 bits per heavy atom. The molecular formula is C19H25N5O. The summed E-state index contributed by atoms with van der Waals surface area (Å²) < 4.78 is 0. The lowest BCUT2D eigenvalue weighted by Gasteiger charge is -2.37. The summed E-state index contributed by atoms with van der Waals surface area (Å²) in [4.78, 5) is 25.5. The first-order valence-electron chi connectivity index (χ1n) is 8.83. The predicted octanol–water partition coefficient (Wildman–Crippen LogP) is 2.19. The van der Waals surface area contributed by atoms with Gasteiger partial charge in [0.25, 0.3) is 0 Å². The van der Waals surface area contributed by atoms with Gasteiger partial charge in [0.15, 0.2) is 0 Å². The van der Waals surface area contributed by atoms with E-state index < -0.39 is 0 Å². The average molecular weight is 339 g/mol. The van der Waals surface area contributed by atoms with Crippen LogP contribution in [0.15, 0.2) is 42.7 Å². The van der Waals surface area contributed by atoms with E-state index in [1.807, 2.05) is 25.1 Å². The van der Waals surface area contributed by atoms with Crippen molar-refractivity contribution in [2.24, 2.45) is 0 Å². The molecule has 1 aliphatic heterocycles. The summed E-state index contributed by atoms with van der Waals surface area (Å²) in [6.45, 7) is 7.38. The number of piperazine rings is 1. The summed E-state index contributed by atoms with van der Waals surface area (Å²) in [6.07, 6.45) is 4.52. The fourth-order valence-electron chi connectivity index (χ4n) is 3.00. The van der Waals surface area contributed by atoms with Crippen LogP contribution in [0.2, 0.25) is 0 Å². The highest BCUT2D eigenvalue weighted by Gasteiger charge is 2.26. The number of aromatic nitrogens is 2. The summed E-state index contributed by atoms with van der Waals surface area (Å²) >= 11 is 0. The monoisotopic (exact) mass is 339 g/mol. The summed E-state index contributed by atoms with van der Waals surface area (Å²) in [7, 11) is 0. The summed E-state index contributed by atoms with van der Waals surface area (Å²) in [5.41, 5.74) is 2.12. The fraction of sp³-hybridized carbons (Fsp3) is 0.421. The van der Waals surface area contributed by atoms with Crippen molar-refractivity contribution < 1.29 is 4.79 Å². The van der Waals surface area contributed by atoms with Crippen molar-refractivity contribution in [1.29, 1.82) is 0 Å². The molecule has 6 heteroatoms. The van der Waals surface area contributed by atoms with E-state index >= 15 is 0 Å². The minimum absolute atomic E-state index is 0.0358. The number of carbonyl (C=O) groups excluding carboxylic acids is 1. The zero-order valence-electron chi connectivity index (χ0n) is 14.9. The highest BCUT2D eigenvalue weighted by Crippen LogP contribution is 2.14. The number of amides is 1. The summed E-state index contributed by atoms with van der Waals surface area (Å²) in [6, 6.07) is 9.70. The lowest BCUT2D eigenvalue weighted by atomic mass is 10.1. The first kappa shape index (κ1) is 17.4. The van der Waals surface area contributed by atoms with E-state index in [-0.39, 0.29) is 11.9 Å². The highest BCUT2D eigenvalue weighted by atomic mass is 16.2. The van der Waals surface area contributed by atoms with Crippen LogP contribution in [-0.2, 0) is 11.2 Å². The Morgan fingerprint density at radius 2 is 1.76 bits per heavy atom. The van der Waals surface area contributed by atoms with Crippen LogP contribution in [0.3, 0.4) is 0 Å². The average Bonchev–Trinajstić information content (AvgIpc) is 2.69. The smallest absolute Gasteiger partial charge is 0.241 e. The minimum Gasteiger partial charge on any atom is -0.338 e. The van der Waals surface area contributed by atoms with Gasteiger partial charge in [-0.2, -0.15) is 0 Å². The van der Waals surface area contributed by atoms with Crippen molar-refractivity contribution in [1.82, 2.24) is 14.9 Å². The molecule has 1 atom stereocenters. The number of benzene rings is 1. The SMILES string of the molecule is CCc1ccc(NC(=O)C(C)N2CCN(c3ncccn3)CC2)cc1. The lowest BCUT2D eigenvalue weighted by Crippen LogP contribution is -2.53. The first-order valence-corrected chi connectivity index (χ1v) is 8.83. The molecule has 2 aromatic rings. The third-order valence-corrected chi connectivity index (χ3v) is 4.71. The molecule has 1 aromatic heterocycles. The van der Waals surface area contributed by atoms with Gasteiger partial charge in [-0.05, 0) is 37.1 Å². The molecule has 25 heavy (non-hydrogen) atoms. The van der Waals surface area contributed by atoms with E-state index in [1.165, 1.54) is 5.56 Å². The number of aryl methyl sites for hydroxylation is 1. The van der Waals surface area contributed by atoms with Crippen molar-refractivity contribution in [3.63, 3.8) is 0 Å². The number of anilines is 2. The van der Waals surface area contributed by atoms with Crippen LogP contribution in [0, 0.1) is 0 Å². The molecule has 0 radical (unpaired) electrons. The quantitative estimate of drug-likeness (QED) is 0.905. The molecule has 1 fully saturated rings. The first-order chi connectivity index (χ1) is 12.2. The van der Waals surface area contributed by atoms with E-state index in [9.17, 15) is 4.79 Å². The molecule has 1 aromatic carbocycles. The molecule has 2 heterocycles. The second kappa shape index (κ2) is 8.07. The molecule has 1 aliphatic rings. The Hall–Kier alpha value is -2.47. The maximum Gasteiger partial charge on any atom is 0.241 e. The molecule has 3 rings (SSSR count). The van der Waals surface area contributed by atoms with Crippen LogP contribution in [0.4, 0.5) is 11.6 Å². The molecule has 0 spiro atoms. The van der Waals surface area contributed by atoms with E-state index in [1.54, 1.807) is 12.4 Å². The maximum absolute atomic E-state index is 12.5. The van der Waals surface area contributed by atoms with Crippen LogP contribution in [0.1, 0.15) is 19.4 Å². The van der Waals surface area contributed by atoms with Gasteiger partial charge in [0.1, 0.15) is 0 Å². The Kier molecular flexibility index (Phi) is 5.60. The minimum atomic E-state index is -0.162. The fourth-order valence-corrected chi connectivity index (χ4v) is 3.00. The van der Waals surface area contributed by atoms with Crippen LogP contribution in [-0.4, -0.2) is 53.0 Å². The van der Waals surface area contributed by atoms with Gasteiger partial charge < -0.3 is 10.2 Å². The van der Waals surface area contributed by atoms with Crippen LogP contribution in [0.5, 0.6) is 0 Å². The van der Waals surface area contributed by atoms with Gasteiger partial charge in [-0.15, -0.1) is 0 Å². The van der Waals surface area contributed by atoms with Gasteiger partial charge in [-0.25, -0.2) is 9.97 Å². The zero-order valence-corrected chi connectivity index (χ0v) is 14.9. The molecule has 1 saturated heterocycles. The standard InChI is InChI=1S/C19H25N5O/c1-3-16-5-7-17(8-6-16)22-18(25)15(2)23-11-13-24(14-12-23)19-20-9-4-10-21-19/h4-10,15H,3,11-14H2,1-2H3,(H,22,25). The van der Waals surface area contributed by atoms with Crippen LogP contribution < -0.4 is 10.2 Å². The van der Waals surface area contributed by atoms with Crippen molar-refractivity contribution in [2.45, 2.75) is 26.3 Å². The Balaban J connectivity index is 1.52. The number of nitrogens with one attached hydrogen (secondary N) is 1. The van der Waals surface area contributed by atoms with E-state index in [4.69, 9.17) is 0 Å². The molecule has 132 valence electrons. The Bertz CT molecular complexity index is 681. The number of hydrogen-bond acceptors (Lipinski definition) is 5. The third-order valence-electron chi connectivity index (χ3n) is 4.71. The lowest BCUT2D eigenvalue weighted by molar-refractivity contribution is -0.120. The zero-order chi connectivity index (χ0) is 17.6. The highest BCUT2D eigenvalue weighted by molar-refractivity contribution is 5.94. The van der Waals surface area contributed by atoms with Crippen molar-refractivity contribution in [3.8, 4) is 0 Å². The van der Waals surface area contributed by atoms with Gasteiger partial charge in [0, 0.05) is 44.3 Å². The second-order valence-corrected chi connectivity index (χ2v) is 6.29. The normalized spacial score (nSPS) is 16.5. The maximum atomic E-state index is 12.5. The number of carbonyl (C=O) groups is 1. The predicted molar refractivity (Wildman–Crippen MR) is 99.7 cm³/mol. The van der Waals surface area contributed by atoms with E-state index in [0.717, 1.165) is 44.2 Å². The molecule has 1 unspecified atom stereocenters. The number of nitrogens with zero attached hydrogens (tertiary/aromatic N) is 4. The van der Waals surface area contributed by atoms with Crippen LogP contribution >= 0.6 is 0 Å².